The molecule has 3 aromatic rings. The van der Waals surface area contributed by atoms with Gasteiger partial charge in [0.25, 0.3) is 5.91 Å². The lowest BCUT2D eigenvalue weighted by Crippen LogP contribution is -2.38. The number of aromatic amines is 1. The number of aromatic nitrogens is 2. The number of hydrogen-bond acceptors (Lipinski definition) is 5. The van der Waals surface area contributed by atoms with Crippen LogP contribution in [0.5, 0.6) is 0 Å². The fraction of sp³-hybridized carbons (Fsp3) is 0.417. The van der Waals surface area contributed by atoms with Gasteiger partial charge in [0, 0.05) is 36.5 Å². The van der Waals surface area contributed by atoms with E-state index in [9.17, 15) is 13.2 Å². The summed E-state index contributed by atoms with van der Waals surface area (Å²) in [5, 5.41) is 8.24. The van der Waals surface area contributed by atoms with Gasteiger partial charge in [-0.1, -0.05) is 18.2 Å². The van der Waals surface area contributed by atoms with Crippen molar-refractivity contribution in [3.8, 4) is 0 Å². The van der Waals surface area contributed by atoms with Crippen molar-refractivity contribution >= 4 is 32.5 Å². The van der Waals surface area contributed by atoms with Crippen LogP contribution in [0.15, 0.2) is 48.7 Å². The zero-order valence-corrected chi connectivity index (χ0v) is 19.3. The molecule has 1 amide bonds. The molecular weight excluding hydrogens is 440 g/mol. The second-order valence-electron chi connectivity index (χ2n) is 8.79. The molecule has 2 saturated heterocycles. The van der Waals surface area contributed by atoms with Gasteiger partial charge >= 0.3 is 0 Å². The van der Waals surface area contributed by atoms with Gasteiger partial charge in [-0.2, -0.15) is 5.10 Å². The Balaban J connectivity index is 1.34. The summed E-state index contributed by atoms with van der Waals surface area (Å²) in [7, 11) is -3.33. The molecule has 174 valence electrons. The van der Waals surface area contributed by atoms with Crippen LogP contribution in [0.3, 0.4) is 0 Å². The number of nitrogens with zero attached hydrogens (tertiary/aromatic N) is 3. The minimum atomic E-state index is -3.33. The van der Waals surface area contributed by atoms with Crippen molar-refractivity contribution in [2.45, 2.75) is 19.3 Å². The van der Waals surface area contributed by atoms with E-state index in [0.717, 1.165) is 23.7 Å². The number of carbonyl (C=O) groups is 1. The third-order valence-corrected chi connectivity index (χ3v) is 8.31. The molecule has 0 bridgehead atoms. The summed E-state index contributed by atoms with van der Waals surface area (Å²) < 4.78 is 32.3. The van der Waals surface area contributed by atoms with Crippen LogP contribution in [-0.2, 0) is 21.2 Å². The summed E-state index contributed by atoms with van der Waals surface area (Å²) in [5.74, 6) is 0.214. The first kappa shape index (κ1) is 21.9. The van der Waals surface area contributed by atoms with Gasteiger partial charge in [0.1, 0.15) is 0 Å². The minimum Gasteiger partial charge on any atom is -0.379 e. The molecule has 0 spiro atoms. The van der Waals surface area contributed by atoms with E-state index in [-0.39, 0.29) is 17.6 Å². The molecule has 1 aromatic heterocycles. The van der Waals surface area contributed by atoms with Crippen molar-refractivity contribution in [1.82, 2.24) is 15.1 Å². The summed E-state index contributed by atoms with van der Waals surface area (Å²) in [4.78, 5) is 15.2. The zero-order valence-electron chi connectivity index (χ0n) is 18.4. The maximum atomic E-state index is 13.4. The molecule has 3 heterocycles. The van der Waals surface area contributed by atoms with Crippen molar-refractivity contribution in [3.63, 3.8) is 0 Å². The van der Waals surface area contributed by atoms with E-state index in [1.807, 2.05) is 23.2 Å². The highest BCUT2D eigenvalue weighted by Gasteiger charge is 2.28. The quantitative estimate of drug-likeness (QED) is 0.635. The van der Waals surface area contributed by atoms with Gasteiger partial charge in [-0.3, -0.25) is 14.2 Å². The van der Waals surface area contributed by atoms with E-state index in [1.54, 1.807) is 24.3 Å². The predicted octanol–water partition coefficient (Wildman–Crippen LogP) is 2.82. The molecule has 2 aliphatic rings. The van der Waals surface area contributed by atoms with Crippen LogP contribution in [0.1, 0.15) is 28.8 Å². The number of fused-ring (bicyclic) bond motifs is 1. The highest BCUT2D eigenvalue weighted by molar-refractivity contribution is 7.92. The molecule has 1 atom stereocenters. The Bertz CT molecular complexity index is 1260. The highest BCUT2D eigenvalue weighted by atomic mass is 32.2. The molecular formula is C24H28N4O4S. The fourth-order valence-electron chi connectivity index (χ4n) is 4.76. The summed E-state index contributed by atoms with van der Waals surface area (Å²) in [6, 6.07) is 13.1. The van der Waals surface area contributed by atoms with Gasteiger partial charge in [0.2, 0.25) is 10.0 Å². The van der Waals surface area contributed by atoms with Gasteiger partial charge in [-0.15, -0.1) is 0 Å². The zero-order chi connectivity index (χ0) is 22.8. The Labute approximate surface area is 193 Å². The Kier molecular flexibility index (Phi) is 6.07. The first-order valence-electron chi connectivity index (χ1n) is 11.4. The number of ether oxygens (including phenoxy) is 1. The van der Waals surface area contributed by atoms with E-state index < -0.39 is 10.0 Å². The van der Waals surface area contributed by atoms with Crippen LogP contribution >= 0.6 is 0 Å². The number of benzene rings is 2. The maximum Gasteiger partial charge on any atom is 0.254 e. The van der Waals surface area contributed by atoms with Crippen LogP contribution in [-0.4, -0.2) is 68.0 Å². The van der Waals surface area contributed by atoms with E-state index in [0.29, 0.717) is 50.5 Å². The van der Waals surface area contributed by atoms with Crippen molar-refractivity contribution in [2.75, 3.05) is 42.9 Å². The van der Waals surface area contributed by atoms with Gasteiger partial charge in [0.05, 0.1) is 36.4 Å². The summed E-state index contributed by atoms with van der Waals surface area (Å²) >= 11 is 0. The average molecular weight is 469 g/mol. The molecule has 0 unspecified atom stereocenters. The van der Waals surface area contributed by atoms with Gasteiger partial charge in [-0.05, 0) is 49.1 Å². The highest BCUT2D eigenvalue weighted by Crippen LogP contribution is 2.26. The van der Waals surface area contributed by atoms with Crippen molar-refractivity contribution < 1.29 is 17.9 Å². The fourth-order valence-corrected chi connectivity index (χ4v) is 6.39. The molecule has 0 radical (unpaired) electrons. The van der Waals surface area contributed by atoms with Crippen LogP contribution in [0, 0.1) is 5.92 Å². The average Bonchev–Trinajstić information content (AvgIpc) is 3.18. The molecule has 2 aliphatic heterocycles. The van der Waals surface area contributed by atoms with Crippen molar-refractivity contribution in [3.05, 3.63) is 59.8 Å². The van der Waals surface area contributed by atoms with E-state index >= 15 is 0 Å². The number of rotatable bonds is 4. The van der Waals surface area contributed by atoms with Crippen LogP contribution in [0.2, 0.25) is 0 Å². The molecule has 0 aliphatic carbocycles. The second-order valence-corrected chi connectivity index (χ2v) is 10.8. The molecule has 1 N–H and O–H groups in total. The SMILES string of the molecule is O=C(c1cccc(N2CCCCS2(=O)=O)c1)N1CCOC[C@H](Cc2cccc3[nH]ncc23)C1. The van der Waals surface area contributed by atoms with E-state index in [1.165, 1.54) is 9.87 Å². The Morgan fingerprint density at radius 2 is 2.03 bits per heavy atom. The van der Waals surface area contributed by atoms with E-state index in [4.69, 9.17) is 4.74 Å². The molecule has 9 heteroatoms. The number of sulfonamides is 1. The molecule has 33 heavy (non-hydrogen) atoms. The first-order valence-corrected chi connectivity index (χ1v) is 13.0. The Morgan fingerprint density at radius 3 is 2.91 bits per heavy atom. The Morgan fingerprint density at radius 1 is 1.15 bits per heavy atom. The van der Waals surface area contributed by atoms with Gasteiger partial charge in [0.15, 0.2) is 0 Å². The monoisotopic (exact) mass is 468 g/mol. The molecule has 5 rings (SSSR count). The van der Waals surface area contributed by atoms with Crippen molar-refractivity contribution in [2.24, 2.45) is 5.92 Å². The number of hydrogen-bond donors (Lipinski definition) is 1. The largest absolute Gasteiger partial charge is 0.379 e. The molecule has 8 nitrogen and oxygen atoms in total. The van der Waals surface area contributed by atoms with Crippen LogP contribution < -0.4 is 4.31 Å². The smallest absolute Gasteiger partial charge is 0.254 e. The molecule has 0 saturated carbocycles. The van der Waals surface area contributed by atoms with Crippen LogP contribution in [0.25, 0.3) is 10.9 Å². The minimum absolute atomic E-state index is 0.0942. The summed E-state index contributed by atoms with van der Waals surface area (Å²) in [6.45, 7) is 2.62. The lowest BCUT2D eigenvalue weighted by molar-refractivity contribution is 0.0737. The lowest BCUT2D eigenvalue weighted by atomic mass is 9.97. The number of amides is 1. The summed E-state index contributed by atoms with van der Waals surface area (Å²) in [5.41, 5.74) is 3.25. The third-order valence-electron chi connectivity index (χ3n) is 6.44. The second kappa shape index (κ2) is 9.15. The number of nitrogens with one attached hydrogen (secondary N) is 1. The van der Waals surface area contributed by atoms with Crippen molar-refractivity contribution in [1.29, 1.82) is 0 Å². The Hall–Kier alpha value is -2.91. The topological polar surface area (TPSA) is 95.6 Å². The summed E-state index contributed by atoms with van der Waals surface area (Å²) in [6.07, 6.45) is 4.13. The number of carbonyl (C=O) groups excluding carboxylic acids is 1. The lowest BCUT2D eigenvalue weighted by Gasteiger charge is -2.29. The standard InChI is InChI=1S/C24H28N4O4S/c29-24(20-6-3-7-21(14-20)28-9-1-2-12-33(28,30)31)27-10-11-32-17-18(16-27)13-19-5-4-8-23-22(19)15-25-26-23/h3-8,14-15,18H,1-2,9-13,16-17H2,(H,25,26)/t18-/m1/s1. The molecule has 2 aromatic carbocycles. The van der Waals surface area contributed by atoms with Gasteiger partial charge in [-0.25, -0.2) is 8.42 Å². The van der Waals surface area contributed by atoms with Crippen LogP contribution in [0.4, 0.5) is 5.69 Å². The number of anilines is 1. The van der Waals surface area contributed by atoms with E-state index in [2.05, 4.69) is 16.3 Å². The molecule has 2 fully saturated rings. The number of H-pyrrole nitrogens is 1. The maximum absolute atomic E-state index is 13.4. The third kappa shape index (κ3) is 4.60. The van der Waals surface area contributed by atoms with Gasteiger partial charge < -0.3 is 9.64 Å². The normalized spacial score (nSPS) is 21.2. The first-order chi connectivity index (χ1) is 16.0. The predicted molar refractivity (Wildman–Crippen MR) is 127 cm³/mol.